The van der Waals surface area contributed by atoms with Gasteiger partial charge in [-0.2, -0.15) is 0 Å². The summed E-state index contributed by atoms with van der Waals surface area (Å²) in [6.45, 7) is 1.27. The highest BCUT2D eigenvalue weighted by molar-refractivity contribution is 7.74. The lowest BCUT2D eigenvalue weighted by molar-refractivity contribution is -0.870. The van der Waals surface area contributed by atoms with Crippen molar-refractivity contribution in [3.05, 3.63) is 60.7 Å². The standard InChI is InChI=1S/C17H23NO2P.ClH/c1-18(2,3)14-15-20-21(19,16-10-6-4-7-11-16)17-12-8-5-9-13-17;/h4-13H,14-15H2,1-3H3;1H/q+1;/p-1. The molecule has 0 aliphatic heterocycles. The van der Waals surface area contributed by atoms with E-state index in [1.807, 2.05) is 60.7 Å². The Morgan fingerprint density at radius 3 is 1.64 bits per heavy atom. The minimum atomic E-state index is -3.02. The molecule has 2 aromatic carbocycles. The van der Waals surface area contributed by atoms with Crippen LogP contribution < -0.4 is 23.0 Å². The molecule has 5 heteroatoms. The Hall–Kier alpha value is -1.12. The highest BCUT2D eigenvalue weighted by Crippen LogP contribution is 2.44. The average molecular weight is 340 g/mol. The third-order valence-electron chi connectivity index (χ3n) is 3.23. The van der Waals surface area contributed by atoms with Crippen LogP contribution in [0.4, 0.5) is 0 Å². The van der Waals surface area contributed by atoms with E-state index in [0.29, 0.717) is 6.61 Å². The fourth-order valence-electron chi connectivity index (χ4n) is 1.99. The normalized spacial score (nSPS) is 11.8. The number of nitrogens with zero attached hydrogens (tertiary/aromatic N) is 1. The highest BCUT2D eigenvalue weighted by Gasteiger charge is 2.28. The molecule has 3 nitrogen and oxygen atoms in total. The van der Waals surface area contributed by atoms with Crippen molar-refractivity contribution in [1.82, 2.24) is 0 Å². The Balaban J connectivity index is 0.00000242. The smallest absolute Gasteiger partial charge is 0.261 e. The van der Waals surface area contributed by atoms with Gasteiger partial charge in [0.05, 0.1) is 21.1 Å². The van der Waals surface area contributed by atoms with Crippen molar-refractivity contribution in [2.45, 2.75) is 0 Å². The monoisotopic (exact) mass is 339 g/mol. The van der Waals surface area contributed by atoms with Gasteiger partial charge in [-0.1, -0.05) is 36.4 Å². The van der Waals surface area contributed by atoms with E-state index in [1.165, 1.54) is 0 Å². The first-order valence-electron chi connectivity index (χ1n) is 7.08. The fourth-order valence-corrected chi connectivity index (χ4v) is 4.05. The molecule has 0 fully saturated rings. The van der Waals surface area contributed by atoms with E-state index >= 15 is 0 Å². The number of rotatable bonds is 6. The number of likely N-dealkylation sites (N-methyl/N-ethyl adjacent to an activating group) is 1. The third kappa shape index (κ3) is 4.96. The van der Waals surface area contributed by atoms with Crippen LogP contribution in [0.25, 0.3) is 0 Å². The summed E-state index contributed by atoms with van der Waals surface area (Å²) in [6.07, 6.45) is 0. The maximum atomic E-state index is 13.5. The van der Waals surface area contributed by atoms with Crippen LogP contribution in [0.3, 0.4) is 0 Å². The van der Waals surface area contributed by atoms with Gasteiger partial charge in [0.25, 0.3) is 7.37 Å². The second-order valence-corrected chi connectivity index (χ2v) is 8.46. The molecule has 0 aromatic heterocycles. The van der Waals surface area contributed by atoms with E-state index < -0.39 is 7.37 Å². The van der Waals surface area contributed by atoms with Crippen LogP contribution in [0.1, 0.15) is 0 Å². The average Bonchev–Trinajstić information content (AvgIpc) is 2.47. The fraction of sp³-hybridized carbons (Fsp3) is 0.294. The molecule has 2 rings (SSSR count). The van der Waals surface area contributed by atoms with Crippen molar-refractivity contribution in [3.8, 4) is 0 Å². The first-order valence-corrected chi connectivity index (χ1v) is 8.70. The van der Waals surface area contributed by atoms with Crippen LogP contribution >= 0.6 is 7.37 Å². The van der Waals surface area contributed by atoms with Gasteiger partial charge in [0.2, 0.25) is 0 Å². The van der Waals surface area contributed by atoms with E-state index in [0.717, 1.165) is 21.6 Å². The zero-order valence-electron chi connectivity index (χ0n) is 13.3. The molecule has 0 radical (unpaired) electrons. The zero-order chi connectivity index (χ0) is 15.3. The molecular weight excluding hydrogens is 317 g/mol. The summed E-state index contributed by atoms with van der Waals surface area (Å²) in [4.78, 5) is 0. The van der Waals surface area contributed by atoms with Gasteiger partial charge in [-0.3, -0.25) is 4.57 Å². The van der Waals surface area contributed by atoms with E-state index in [4.69, 9.17) is 4.52 Å². The third-order valence-corrected chi connectivity index (χ3v) is 5.73. The molecule has 0 amide bonds. The minimum absolute atomic E-state index is 0. The largest absolute Gasteiger partial charge is 1.00 e. The van der Waals surface area contributed by atoms with Crippen molar-refractivity contribution < 1.29 is 26.0 Å². The Bertz CT molecular complexity index is 568. The zero-order valence-corrected chi connectivity index (χ0v) is 14.9. The van der Waals surface area contributed by atoms with Crippen molar-refractivity contribution in [2.75, 3.05) is 34.3 Å². The van der Waals surface area contributed by atoms with Crippen LogP contribution in [0.2, 0.25) is 0 Å². The summed E-state index contributed by atoms with van der Waals surface area (Å²) in [6, 6.07) is 18.9. The van der Waals surface area contributed by atoms with Crippen molar-refractivity contribution in [3.63, 3.8) is 0 Å². The van der Waals surface area contributed by atoms with E-state index in [9.17, 15) is 4.57 Å². The molecule has 0 aliphatic carbocycles. The predicted octanol–water partition coefficient (Wildman–Crippen LogP) is -0.358. The number of halogens is 1. The van der Waals surface area contributed by atoms with Crippen LogP contribution in [-0.4, -0.2) is 38.8 Å². The van der Waals surface area contributed by atoms with E-state index in [2.05, 4.69) is 21.1 Å². The van der Waals surface area contributed by atoms with Crippen LogP contribution in [0.5, 0.6) is 0 Å². The number of quaternary nitrogens is 1. The lowest BCUT2D eigenvalue weighted by Crippen LogP contribution is -3.00. The predicted molar refractivity (Wildman–Crippen MR) is 88.6 cm³/mol. The van der Waals surface area contributed by atoms with Crippen molar-refractivity contribution >= 4 is 18.0 Å². The van der Waals surface area contributed by atoms with Crippen molar-refractivity contribution in [1.29, 1.82) is 0 Å². The lowest BCUT2D eigenvalue weighted by Gasteiger charge is -2.26. The summed E-state index contributed by atoms with van der Waals surface area (Å²) in [5.74, 6) is 0. The molecule has 120 valence electrons. The molecule has 0 unspecified atom stereocenters. The van der Waals surface area contributed by atoms with Gasteiger partial charge in [-0.05, 0) is 24.3 Å². The SMILES string of the molecule is C[N+](C)(C)CCOP(=O)(c1ccccc1)c1ccccc1.[Cl-]. The number of benzene rings is 2. The van der Waals surface area contributed by atoms with Crippen LogP contribution in [0, 0.1) is 0 Å². The number of hydrogen-bond acceptors (Lipinski definition) is 2. The highest BCUT2D eigenvalue weighted by atomic mass is 35.5. The van der Waals surface area contributed by atoms with Crippen molar-refractivity contribution in [2.24, 2.45) is 0 Å². The minimum Gasteiger partial charge on any atom is -1.00 e. The van der Waals surface area contributed by atoms with Gasteiger partial charge in [0.15, 0.2) is 0 Å². The van der Waals surface area contributed by atoms with Gasteiger partial charge in [0.1, 0.15) is 13.2 Å². The molecule has 2 aromatic rings. The Morgan fingerprint density at radius 2 is 1.27 bits per heavy atom. The summed E-state index contributed by atoms with van der Waals surface area (Å²) in [5, 5.41) is 1.50. The topological polar surface area (TPSA) is 26.3 Å². The molecule has 0 N–H and O–H groups in total. The van der Waals surface area contributed by atoms with Gasteiger partial charge in [0, 0.05) is 10.6 Å². The van der Waals surface area contributed by atoms with Gasteiger partial charge in [-0.25, -0.2) is 0 Å². The molecule has 0 aliphatic rings. The van der Waals surface area contributed by atoms with Gasteiger partial charge < -0.3 is 21.4 Å². The summed E-state index contributed by atoms with van der Waals surface area (Å²) in [5.41, 5.74) is 0. The maximum Gasteiger partial charge on any atom is 0.261 e. The Morgan fingerprint density at radius 1 is 0.864 bits per heavy atom. The van der Waals surface area contributed by atoms with E-state index in [1.54, 1.807) is 0 Å². The summed E-state index contributed by atoms with van der Waals surface area (Å²) < 4.78 is 20.2. The van der Waals surface area contributed by atoms with Gasteiger partial charge >= 0.3 is 0 Å². The van der Waals surface area contributed by atoms with Crippen LogP contribution in [-0.2, 0) is 9.09 Å². The molecule has 0 bridgehead atoms. The second kappa shape index (κ2) is 7.94. The number of hydrogen-bond donors (Lipinski definition) is 0. The molecule has 0 saturated heterocycles. The first-order chi connectivity index (χ1) is 9.92. The summed E-state index contributed by atoms with van der Waals surface area (Å²) in [7, 11) is 3.27. The lowest BCUT2D eigenvalue weighted by atomic mass is 10.4. The second-order valence-electron chi connectivity index (χ2n) is 6.07. The molecule has 0 spiro atoms. The van der Waals surface area contributed by atoms with Gasteiger partial charge in [-0.15, -0.1) is 0 Å². The summed E-state index contributed by atoms with van der Waals surface area (Å²) >= 11 is 0. The first kappa shape index (κ1) is 18.9. The molecular formula is C17H23ClNO2P. The maximum absolute atomic E-state index is 13.5. The molecule has 0 saturated carbocycles. The van der Waals surface area contributed by atoms with Crippen LogP contribution in [0.15, 0.2) is 60.7 Å². The molecule has 0 atom stereocenters. The Labute approximate surface area is 139 Å². The quantitative estimate of drug-likeness (QED) is 0.531. The molecule has 0 heterocycles. The Kier molecular flexibility index (Phi) is 6.83. The molecule has 22 heavy (non-hydrogen) atoms. The van der Waals surface area contributed by atoms with E-state index in [-0.39, 0.29) is 12.4 Å².